The van der Waals surface area contributed by atoms with Gasteiger partial charge in [0.2, 0.25) is 5.91 Å². The maximum atomic E-state index is 12.8. The van der Waals surface area contributed by atoms with E-state index in [2.05, 4.69) is 10.3 Å². The van der Waals surface area contributed by atoms with E-state index in [9.17, 15) is 14.4 Å². The number of nitrogens with one attached hydrogen (secondary N) is 1. The van der Waals surface area contributed by atoms with Crippen LogP contribution < -0.4 is 16.8 Å². The van der Waals surface area contributed by atoms with E-state index in [1.165, 1.54) is 23.2 Å². The van der Waals surface area contributed by atoms with Crippen molar-refractivity contribution < 1.29 is 14.4 Å². The van der Waals surface area contributed by atoms with Crippen LogP contribution in [0.4, 0.5) is 0 Å². The van der Waals surface area contributed by atoms with Gasteiger partial charge in [0.1, 0.15) is 11.5 Å². The van der Waals surface area contributed by atoms with Crippen LogP contribution >= 0.6 is 11.6 Å². The molecule has 31 heavy (non-hydrogen) atoms. The molecule has 0 bridgehead atoms. The Morgan fingerprint density at radius 2 is 2.00 bits per heavy atom. The van der Waals surface area contributed by atoms with Gasteiger partial charge < -0.3 is 21.7 Å². The first-order valence-corrected chi connectivity index (χ1v) is 10.4. The van der Waals surface area contributed by atoms with E-state index in [0.29, 0.717) is 46.9 Å². The highest BCUT2D eigenvalue weighted by Gasteiger charge is 2.48. The number of aromatic nitrogens is 1. The number of carbonyl (C=O) groups is 3. The first kappa shape index (κ1) is 20.9. The molecule has 3 amide bonds. The monoisotopic (exact) mass is 442 g/mol. The Balaban J connectivity index is 1.40. The molecule has 1 fully saturated rings. The molecule has 0 aromatic carbocycles. The SMILES string of the molecule is N/C(=C\C=C(/N)NC(=O)CN1CCCC2=C1C(=O)N(C1CC1)C2=O)c1cncc(Cl)c1. The van der Waals surface area contributed by atoms with Gasteiger partial charge in [-0.3, -0.25) is 24.3 Å². The molecule has 0 saturated heterocycles. The van der Waals surface area contributed by atoms with E-state index >= 15 is 0 Å². The molecule has 10 heteroatoms. The summed E-state index contributed by atoms with van der Waals surface area (Å²) >= 11 is 5.90. The van der Waals surface area contributed by atoms with Crippen LogP contribution in [0.5, 0.6) is 0 Å². The number of imide groups is 1. The molecule has 1 aromatic rings. The summed E-state index contributed by atoms with van der Waals surface area (Å²) in [7, 11) is 0. The first-order valence-electron chi connectivity index (χ1n) is 10.0. The van der Waals surface area contributed by atoms with Crippen molar-refractivity contribution in [2.24, 2.45) is 11.5 Å². The Kier molecular flexibility index (Phi) is 5.69. The van der Waals surface area contributed by atoms with Crippen molar-refractivity contribution in [2.75, 3.05) is 13.1 Å². The Hall–Kier alpha value is -3.33. The number of carbonyl (C=O) groups excluding carboxylic acids is 3. The fraction of sp³-hybridized carbons (Fsp3) is 0.333. The molecule has 1 aromatic heterocycles. The van der Waals surface area contributed by atoms with Crippen LogP contribution in [0.1, 0.15) is 31.2 Å². The molecule has 3 heterocycles. The minimum Gasteiger partial charge on any atom is -0.398 e. The largest absolute Gasteiger partial charge is 0.398 e. The smallest absolute Gasteiger partial charge is 0.277 e. The molecule has 4 rings (SSSR count). The van der Waals surface area contributed by atoms with E-state index in [1.807, 2.05) is 0 Å². The lowest BCUT2D eigenvalue weighted by atomic mass is 10.0. The zero-order chi connectivity index (χ0) is 22.1. The summed E-state index contributed by atoms with van der Waals surface area (Å²) in [6.07, 6.45) is 9.03. The second kappa shape index (κ2) is 8.43. The minimum absolute atomic E-state index is 0.00629. The molecule has 0 atom stereocenters. The standard InChI is InChI=1S/C21H23ClN6O3/c22-13-8-12(9-25-10-13)16(23)5-6-17(24)26-18(29)11-27-7-1-2-15-19(27)21(31)28(20(15)30)14-3-4-14/h5-6,8-10,14H,1-4,7,11,23-24H2,(H,26,29)/b16-5-,17-6+. The maximum Gasteiger partial charge on any atom is 0.277 e. The summed E-state index contributed by atoms with van der Waals surface area (Å²) in [6.45, 7) is 0.463. The first-order chi connectivity index (χ1) is 14.8. The third-order valence-electron chi connectivity index (χ3n) is 5.37. The highest BCUT2D eigenvalue weighted by molar-refractivity contribution is 6.30. The van der Waals surface area contributed by atoms with Crippen molar-refractivity contribution in [3.05, 3.63) is 58.3 Å². The average molecular weight is 443 g/mol. The van der Waals surface area contributed by atoms with Gasteiger partial charge in [0.05, 0.1) is 11.6 Å². The number of pyridine rings is 1. The van der Waals surface area contributed by atoms with Gasteiger partial charge in [0, 0.05) is 41.8 Å². The lowest BCUT2D eigenvalue weighted by Crippen LogP contribution is -2.42. The van der Waals surface area contributed by atoms with Crippen molar-refractivity contribution in [2.45, 2.75) is 31.7 Å². The number of nitrogens with two attached hydrogens (primary N) is 2. The molecular formula is C21H23ClN6O3. The molecule has 2 aliphatic heterocycles. The van der Waals surface area contributed by atoms with Gasteiger partial charge in [-0.25, -0.2) is 0 Å². The zero-order valence-electron chi connectivity index (χ0n) is 16.8. The molecule has 1 aliphatic carbocycles. The Morgan fingerprint density at radius 3 is 2.71 bits per heavy atom. The zero-order valence-corrected chi connectivity index (χ0v) is 17.6. The molecule has 9 nitrogen and oxygen atoms in total. The number of halogens is 1. The van der Waals surface area contributed by atoms with E-state index in [0.717, 1.165) is 12.8 Å². The predicted molar refractivity (Wildman–Crippen MR) is 115 cm³/mol. The minimum atomic E-state index is -0.385. The number of amides is 3. The van der Waals surface area contributed by atoms with Crippen LogP contribution in [-0.2, 0) is 14.4 Å². The number of hydrogen-bond acceptors (Lipinski definition) is 7. The molecule has 5 N–H and O–H groups in total. The van der Waals surface area contributed by atoms with Crippen molar-refractivity contribution in [1.29, 1.82) is 0 Å². The van der Waals surface area contributed by atoms with Gasteiger partial charge in [-0.1, -0.05) is 11.6 Å². The van der Waals surface area contributed by atoms with Crippen LogP contribution in [0.25, 0.3) is 5.70 Å². The number of rotatable bonds is 6. The van der Waals surface area contributed by atoms with Gasteiger partial charge in [0.15, 0.2) is 0 Å². The fourth-order valence-corrected chi connectivity index (χ4v) is 3.95. The van der Waals surface area contributed by atoms with Crippen LogP contribution in [0.15, 0.2) is 47.7 Å². The number of hydrogen-bond donors (Lipinski definition) is 3. The Labute approximate surface area is 184 Å². The lowest BCUT2D eigenvalue weighted by Gasteiger charge is -2.28. The van der Waals surface area contributed by atoms with Crippen molar-refractivity contribution in [3.8, 4) is 0 Å². The number of allylic oxidation sites excluding steroid dienone is 2. The highest BCUT2D eigenvalue weighted by atomic mass is 35.5. The van der Waals surface area contributed by atoms with E-state index in [1.54, 1.807) is 17.2 Å². The summed E-state index contributed by atoms with van der Waals surface area (Å²) in [6, 6.07) is 1.67. The van der Waals surface area contributed by atoms with Gasteiger partial charge in [-0.15, -0.1) is 0 Å². The molecule has 1 saturated carbocycles. The third-order valence-corrected chi connectivity index (χ3v) is 5.57. The Bertz CT molecular complexity index is 1040. The molecular weight excluding hydrogens is 420 g/mol. The van der Waals surface area contributed by atoms with E-state index in [-0.39, 0.29) is 36.1 Å². The van der Waals surface area contributed by atoms with Gasteiger partial charge in [0.25, 0.3) is 11.8 Å². The number of nitrogens with zero attached hydrogens (tertiary/aromatic N) is 3. The second-order valence-corrected chi connectivity index (χ2v) is 8.18. The quantitative estimate of drug-likeness (QED) is 0.438. The Morgan fingerprint density at radius 1 is 1.23 bits per heavy atom. The second-order valence-electron chi connectivity index (χ2n) is 7.75. The molecule has 0 unspecified atom stereocenters. The van der Waals surface area contributed by atoms with Gasteiger partial charge in [-0.2, -0.15) is 0 Å². The average Bonchev–Trinajstić information content (AvgIpc) is 3.52. The normalized spacial score (nSPS) is 19.8. The van der Waals surface area contributed by atoms with Gasteiger partial charge in [-0.05, 0) is 43.9 Å². The topological polar surface area (TPSA) is 135 Å². The lowest BCUT2D eigenvalue weighted by molar-refractivity contribution is -0.138. The predicted octanol–water partition coefficient (Wildman–Crippen LogP) is 0.832. The fourth-order valence-electron chi connectivity index (χ4n) is 3.78. The molecule has 3 aliphatic rings. The molecule has 0 spiro atoms. The van der Waals surface area contributed by atoms with Crippen LogP contribution in [0.2, 0.25) is 5.02 Å². The maximum absolute atomic E-state index is 12.8. The summed E-state index contributed by atoms with van der Waals surface area (Å²) < 4.78 is 0. The van der Waals surface area contributed by atoms with E-state index < -0.39 is 0 Å². The molecule has 162 valence electrons. The summed E-state index contributed by atoms with van der Waals surface area (Å²) in [5, 5.41) is 3.03. The van der Waals surface area contributed by atoms with Crippen LogP contribution in [-0.4, -0.2) is 51.6 Å². The van der Waals surface area contributed by atoms with Crippen molar-refractivity contribution in [1.82, 2.24) is 20.1 Å². The van der Waals surface area contributed by atoms with E-state index in [4.69, 9.17) is 23.1 Å². The summed E-state index contributed by atoms with van der Waals surface area (Å²) in [5.74, 6) is -0.779. The van der Waals surface area contributed by atoms with Gasteiger partial charge >= 0.3 is 0 Å². The summed E-state index contributed by atoms with van der Waals surface area (Å²) in [4.78, 5) is 44.9. The van der Waals surface area contributed by atoms with Crippen molar-refractivity contribution >= 4 is 35.0 Å². The van der Waals surface area contributed by atoms with Crippen LogP contribution in [0.3, 0.4) is 0 Å². The summed E-state index contributed by atoms with van der Waals surface area (Å²) in [5.41, 5.74) is 13.8. The highest BCUT2D eigenvalue weighted by Crippen LogP contribution is 2.38. The molecule has 0 radical (unpaired) electrons. The van der Waals surface area contributed by atoms with Crippen molar-refractivity contribution in [3.63, 3.8) is 0 Å². The third kappa shape index (κ3) is 4.41. The van der Waals surface area contributed by atoms with Crippen LogP contribution in [0, 0.1) is 0 Å².